The smallest absolute Gasteiger partial charge is 0.0244 e. The third-order valence-corrected chi connectivity index (χ3v) is 2.45. The molecule has 1 heterocycles. The van der Waals surface area contributed by atoms with Gasteiger partial charge in [-0.15, -0.1) is 0 Å². The van der Waals surface area contributed by atoms with Crippen LogP contribution in [0.25, 0.3) is 0 Å². The van der Waals surface area contributed by atoms with Gasteiger partial charge in [-0.05, 0) is 25.2 Å². The molecule has 1 saturated heterocycles. The molecule has 0 spiro atoms. The molecule has 2 nitrogen and oxygen atoms in total. The second kappa shape index (κ2) is 3.35. The van der Waals surface area contributed by atoms with E-state index in [4.69, 9.17) is 5.84 Å². The van der Waals surface area contributed by atoms with E-state index in [1.807, 2.05) is 18.9 Å². The minimum Gasteiger partial charge on any atom is -0.269 e. The molecule has 2 rings (SSSR count). The summed E-state index contributed by atoms with van der Waals surface area (Å²) in [4.78, 5) is 0. The van der Waals surface area contributed by atoms with Gasteiger partial charge in [0.15, 0.2) is 0 Å². The number of rotatable bonds is 0. The number of piperidine rings is 1. The van der Waals surface area contributed by atoms with E-state index in [0.717, 1.165) is 18.5 Å². The largest absolute Gasteiger partial charge is 0.269 e. The summed E-state index contributed by atoms with van der Waals surface area (Å²) >= 11 is 0. The molecular weight excluding hydrogens is 124 g/mol. The van der Waals surface area contributed by atoms with Crippen LogP contribution in [0.4, 0.5) is 0 Å². The minimum atomic E-state index is 0.750. The molecule has 60 valence electrons. The van der Waals surface area contributed by atoms with Gasteiger partial charge in [0.25, 0.3) is 0 Å². The zero-order valence-electron chi connectivity index (χ0n) is 7.01. The van der Waals surface area contributed by atoms with Gasteiger partial charge in [-0.2, -0.15) is 0 Å². The third-order valence-electron chi connectivity index (χ3n) is 2.45. The fraction of sp³-hybridized carbons (Fsp3) is 1.00. The van der Waals surface area contributed by atoms with E-state index >= 15 is 0 Å². The quantitative estimate of drug-likeness (QED) is 0.518. The van der Waals surface area contributed by atoms with Crippen LogP contribution in [0.3, 0.4) is 0 Å². The highest BCUT2D eigenvalue weighted by atomic mass is 15.4. The summed E-state index contributed by atoms with van der Waals surface area (Å²) in [6, 6.07) is 0.750. The minimum absolute atomic E-state index is 0.750. The topological polar surface area (TPSA) is 29.3 Å². The Hall–Kier alpha value is -0.0800. The van der Waals surface area contributed by atoms with E-state index < -0.39 is 0 Å². The van der Waals surface area contributed by atoms with E-state index in [1.165, 1.54) is 19.3 Å². The number of hydrogen-bond acceptors (Lipinski definition) is 2. The van der Waals surface area contributed by atoms with Crippen LogP contribution >= 0.6 is 0 Å². The van der Waals surface area contributed by atoms with Gasteiger partial charge in [0.05, 0.1) is 0 Å². The van der Waals surface area contributed by atoms with Gasteiger partial charge in [0, 0.05) is 12.6 Å². The number of nitrogens with zero attached hydrogens (tertiary/aromatic N) is 1. The second-order valence-corrected chi connectivity index (χ2v) is 3.03. The summed E-state index contributed by atoms with van der Waals surface area (Å²) in [5.74, 6) is 6.60. The summed E-state index contributed by atoms with van der Waals surface area (Å²) in [7, 11) is 0. The van der Waals surface area contributed by atoms with Gasteiger partial charge in [-0.25, -0.2) is 5.01 Å². The fourth-order valence-electron chi connectivity index (χ4n) is 1.96. The van der Waals surface area contributed by atoms with Gasteiger partial charge in [0.2, 0.25) is 0 Å². The first kappa shape index (κ1) is 8.02. The molecule has 2 atom stereocenters. The maximum absolute atomic E-state index is 5.65. The Morgan fingerprint density at radius 3 is 2.20 bits per heavy atom. The van der Waals surface area contributed by atoms with E-state index in [0.29, 0.717) is 0 Å². The first-order chi connectivity index (χ1) is 4.86. The monoisotopic (exact) mass is 142 g/mol. The Morgan fingerprint density at radius 2 is 2.00 bits per heavy atom. The molecule has 2 N–H and O–H groups in total. The predicted molar refractivity (Wildman–Crippen MR) is 43.4 cm³/mol. The molecule has 0 aromatic heterocycles. The van der Waals surface area contributed by atoms with E-state index in [1.54, 1.807) is 0 Å². The number of fused-ring (bicyclic) bond motifs is 2. The zero-order chi connectivity index (χ0) is 7.56. The molecule has 1 saturated carbocycles. The maximum Gasteiger partial charge on any atom is 0.0244 e. The Bertz CT molecular complexity index is 101. The van der Waals surface area contributed by atoms with E-state index in [2.05, 4.69) is 0 Å². The molecule has 0 unspecified atom stereocenters. The summed E-state index contributed by atoms with van der Waals surface area (Å²) in [6.45, 7) is 5.16. The van der Waals surface area contributed by atoms with Crippen molar-refractivity contribution in [1.29, 1.82) is 0 Å². The highest BCUT2D eigenvalue weighted by Crippen LogP contribution is 2.34. The van der Waals surface area contributed by atoms with Crippen molar-refractivity contribution in [2.75, 3.05) is 6.54 Å². The molecule has 2 aliphatic rings. The molecule has 0 amide bonds. The van der Waals surface area contributed by atoms with Crippen molar-refractivity contribution >= 4 is 0 Å². The van der Waals surface area contributed by atoms with Crippen molar-refractivity contribution in [3.05, 3.63) is 0 Å². The Balaban J connectivity index is 0.000000231. The van der Waals surface area contributed by atoms with Crippen LogP contribution in [0.2, 0.25) is 0 Å². The van der Waals surface area contributed by atoms with Crippen LogP contribution in [0.1, 0.15) is 33.1 Å². The number of hydrogen-bond donors (Lipinski definition) is 1. The maximum atomic E-state index is 5.65. The van der Waals surface area contributed by atoms with Crippen LogP contribution < -0.4 is 5.84 Å². The van der Waals surface area contributed by atoms with Crippen molar-refractivity contribution in [2.45, 2.75) is 39.2 Å². The van der Waals surface area contributed by atoms with Crippen LogP contribution in [-0.2, 0) is 0 Å². The molecule has 10 heavy (non-hydrogen) atoms. The van der Waals surface area contributed by atoms with Crippen molar-refractivity contribution < 1.29 is 0 Å². The Morgan fingerprint density at radius 1 is 1.30 bits per heavy atom. The predicted octanol–water partition coefficient (Wildman–Crippen LogP) is 1.37. The molecule has 0 aromatic rings. The van der Waals surface area contributed by atoms with Gasteiger partial charge < -0.3 is 0 Å². The molecule has 2 heteroatoms. The van der Waals surface area contributed by atoms with Gasteiger partial charge in [0.1, 0.15) is 0 Å². The average molecular weight is 142 g/mol. The first-order valence-electron chi connectivity index (χ1n) is 4.37. The average Bonchev–Trinajstić information content (AvgIpc) is 2.52. The molecule has 0 aromatic carbocycles. The second-order valence-electron chi connectivity index (χ2n) is 3.03. The Labute approximate surface area is 63.4 Å². The summed E-state index contributed by atoms with van der Waals surface area (Å²) in [5, 5.41) is 2.01. The van der Waals surface area contributed by atoms with E-state index in [9.17, 15) is 0 Å². The highest BCUT2D eigenvalue weighted by molar-refractivity contribution is 4.89. The summed E-state index contributed by atoms with van der Waals surface area (Å²) in [6.07, 6.45) is 4.15. The van der Waals surface area contributed by atoms with Crippen molar-refractivity contribution in [2.24, 2.45) is 11.8 Å². The van der Waals surface area contributed by atoms with Crippen LogP contribution in [0.15, 0.2) is 0 Å². The molecule has 2 fully saturated rings. The van der Waals surface area contributed by atoms with Crippen molar-refractivity contribution in [3.63, 3.8) is 0 Å². The molecule has 1 aliphatic heterocycles. The molecule has 0 radical (unpaired) electrons. The van der Waals surface area contributed by atoms with Gasteiger partial charge in [-0.1, -0.05) is 13.8 Å². The lowest BCUT2D eigenvalue weighted by Gasteiger charge is -2.20. The normalized spacial score (nSPS) is 37.5. The fourth-order valence-corrected chi connectivity index (χ4v) is 1.96. The lowest BCUT2D eigenvalue weighted by Crippen LogP contribution is -2.37. The van der Waals surface area contributed by atoms with Crippen molar-refractivity contribution in [1.82, 2.24) is 5.01 Å². The first-order valence-corrected chi connectivity index (χ1v) is 4.37. The summed E-state index contributed by atoms with van der Waals surface area (Å²) in [5.41, 5.74) is 0. The third kappa shape index (κ3) is 1.32. The molecular formula is C8H18N2. The van der Waals surface area contributed by atoms with Crippen LogP contribution in [-0.4, -0.2) is 17.6 Å². The molecule has 1 aliphatic carbocycles. The van der Waals surface area contributed by atoms with Crippen molar-refractivity contribution in [3.8, 4) is 0 Å². The zero-order valence-corrected chi connectivity index (χ0v) is 7.01. The highest BCUT2D eigenvalue weighted by Gasteiger charge is 2.35. The van der Waals surface area contributed by atoms with Crippen LogP contribution in [0, 0.1) is 5.92 Å². The van der Waals surface area contributed by atoms with Gasteiger partial charge >= 0.3 is 0 Å². The molecule has 2 bridgehead atoms. The standard InChI is InChI=1S/C6H12N2.C2H6/c7-8-4-5-1-2-6(8)3-5;1-2/h5-6H,1-4,7H2;1-2H3/t5-,6+;/m0./s1. The summed E-state index contributed by atoms with van der Waals surface area (Å²) < 4.78 is 0. The lowest BCUT2D eigenvalue weighted by atomic mass is 10.1. The van der Waals surface area contributed by atoms with Gasteiger partial charge in [-0.3, -0.25) is 5.84 Å². The SMILES string of the molecule is CC.NN1C[C@H]2CC[C@@H]1C2. The van der Waals surface area contributed by atoms with E-state index in [-0.39, 0.29) is 0 Å². The van der Waals surface area contributed by atoms with Crippen LogP contribution in [0.5, 0.6) is 0 Å². The number of hydrazine groups is 1. The lowest BCUT2D eigenvalue weighted by molar-refractivity contribution is 0.219. The Kier molecular flexibility index (Phi) is 2.69. The number of nitrogens with two attached hydrogens (primary N) is 1.